The van der Waals surface area contributed by atoms with Gasteiger partial charge in [0.05, 0.1) is 5.56 Å². The Balaban J connectivity index is 1.18. The van der Waals surface area contributed by atoms with Crippen LogP contribution in [0.3, 0.4) is 0 Å². The first-order valence-electron chi connectivity index (χ1n) is 16.3. The van der Waals surface area contributed by atoms with Crippen molar-refractivity contribution in [2.45, 2.75) is 44.7 Å². The summed E-state index contributed by atoms with van der Waals surface area (Å²) in [4.78, 5) is 10.6. The second-order valence-electron chi connectivity index (χ2n) is 14.0. The molecule has 0 fully saturated rings. The number of hydrogen-bond donors (Lipinski definition) is 1. The molecule has 222 valence electrons. The van der Waals surface area contributed by atoms with Gasteiger partial charge < -0.3 is 0 Å². The van der Waals surface area contributed by atoms with Crippen molar-refractivity contribution in [2.75, 3.05) is 0 Å². The predicted octanol–water partition coefficient (Wildman–Crippen LogP) is 8.92. The molecule has 0 aromatic heterocycles. The van der Waals surface area contributed by atoms with Crippen molar-refractivity contribution >= 4 is 22.4 Å². The number of nitrogens with two attached hydrogens (primary N) is 1. The monoisotopic (exact) mass is 594 g/mol. The summed E-state index contributed by atoms with van der Waals surface area (Å²) in [7, 11) is 0. The number of benzene rings is 6. The van der Waals surface area contributed by atoms with Gasteiger partial charge in [-0.2, -0.15) is 4.99 Å². The summed E-state index contributed by atoms with van der Waals surface area (Å²) in [6.07, 6.45) is -0.155. The molecule has 1 heterocycles. The molecule has 6 aromatic rings. The van der Waals surface area contributed by atoms with E-state index in [4.69, 9.17) is 9.98 Å². The third-order valence-electron chi connectivity index (χ3n) is 10.6. The maximum Gasteiger partial charge on any atom is 0.235 e. The first kappa shape index (κ1) is 27.2. The zero-order valence-electron chi connectivity index (χ0n) is 26.7. The molecular weight excluding hydrogens is 558 g/mol. The Labute approximate surface area is 270 Å². The average molecular weight is 595 g/mol. The van der Waals surface area contributed by atoms with Crippen LogP contribution in [0, 0.1) is 0 Å². The lowest BCUT2D eigenvalue weighted by Crippen LogP contribution is -2.90. The molecule has 3 aliphatic rings. The van der Waals surface area contributed by atoms with Gasteiger partial charge in [-0.05, 0) is 79.5 Å². The van der Waals surface area contributed by atoms with Crippen LogP contribution in [0.25, 0.3) is 33.0 Å². The van der Waals surface area contributed by atoms with E-state index in [1.165, 1.54) is 60.8 Å². The van der Waals surface area contributed by atoms with Crippen molar-refractivity contribution < 1.29 is 5.32 Å². The fourth-order valence-electron chi connectivity index (χ4n) is 8.07. The summed E-state index contributed by atoms with van der Waals surface area (Å²) >= 11 is 0. The van der Waals surface area contributed by atoms with E-state index in [1.54, 1.807) is 0 Å². The molecule has 0 saturated heterocycles. The number of rotatable bonds is 3. The second-order valence-corrected chi connectivity index (χ2v) is 14.0. The molecule has 3 nitrogen and oxygen atoms in total. The molecular formula is C43H36N3+. The minimum Gasteiger partial charge on any atom is -0.272 e. The Bertz CT molecular complexity index is 2300. The highest BCUT2D eigenvalue weighted by molar-refractivity contribution is 6.11. The van der Waals surface area contributed by atoms with Gasteiger partial charge >= 0.3 is 0 Å². The molecule has 1 atom stereocenters. The topological polar surface area (TPSA) is 41.3 Å². The molecule has 2 N–H and O–H groups in total. The Hall–Kier alpha value is -5.12. The highest BCUT2D eigenvalue weighted by Crippen LogP contribution is 2.50. The highest BCUT2D eigenvalue weighted by atomic mass is 15.2. The summed E-state index contributed by atoms with van der Waals surface area (Å²) in [6.45, 7) is 9.35. The Morgan fingerprint density at radius 3 is 1.78 bits per heavy atom. The van der Waals surface area contributed by atoms with E-state index in [9.17, 15) is 0 Å². The number of nitrogens with zero attached hydrogens (tertiary/aromatic N) is 2. The van der Waals surface area contributed by atoms with Crippen LogP contribution in [0.15, 0.2) is 137 Å². The van der Waals surface area contributed by atoms with Crippen molar-refractivity contribution in [3.63, 3.8) is 0 Å². The van der Waals surface area contributed by atoms with Crippen molar-refractivity contribution in [1.82, 2.24) is 0 Å². The minimum absolute atomic E-state index is 0.0705. The van der Waals surface area contributed by atoms with Gasteiger partial charge in [0.25, 0.3) is 0 Å². The largest absolute Gasteiger partial charge is 0.272 e. The molecule has 3 heteroatoms. The summed E-state index contributed by atoms with van der Waals surface area (Å²) in [6, 6.07) is 46.6. The van der Waals surface area contributed by atoms with Gasteiger partial charge in [0.2, 0.25) is 12.0 Å². The molecule has 46 heavy (non-hydrogen) atoms. The van der Waals surface area contributed by atoms with Gasteiger partial charge in [0.1, 0.15) is 0 Å². The number of hydrogen-bond acceptors (Lipinski definition) is 2. The van der Waals surface area contributed by atoms with Gasteiger partial charge in [-0.3, -0.25) is 5.32 Å². The van der Waals surface area contributed by atoms with Crippen LogP contribution in [0.5, 0.6) is 0 Å². The van der Waals surface area contributed by atoms with Crippen LogP contribution in [-0.4, -0.2) is 11.7 Å². The third-order valence-corrected chi connectivity index (χ3v) is 10.6. The van der Waals surface area contributed by atoms with E-state index < -0.39 is 0 Å². The lowest BCUT2D eigenvalue weighted by Gasteiger charge is -2.24. The van der Waals surface area contributed by atoms with Crippen LogP contribution in [0.2, 0.25) is 0 Å². The van der Waals surface area contributed by atoms with Gasteiger partial charge in [-0.25, -0.2) is 4.99 Å². The van der Waals surface area contributed by atoms with E-state index in [1.807, 2.05) is 0 Å². The van der Waals surface area contributed by atoms with E-state index in [0.29, 0.717) is 0 Å². The molecule has 2 aliphatic carbocycles. The van der Waals surface area contributed by atoms with Gasteiger partial charge in [0.15, 0.2) is 5.84 Å². The lowest BCUT2D eigenvalue weighted by atomic mass is 9.81. The summed E-state index contributed by atoms with van der Waals surface area (Å²) in [5.41, 5.74) is 14.0. The molecule has 0 saturated carbocycles. The van der Waals surface area contributed by atoms with Crippen molar-refractivity contribution in [2.24, 2.45) is 9.98 Å². The molecule has 6 aromatic carbocycles. The quantitative estimate of drug-likeness (QED) is 0.213. The smallest absolute Gasteiger partial charge is 0.235 e. The molecule has 0 radical (unpaired) electrons. The van der Waals surface area contributed by atoms with Gasteiger partial charge in [-0.15, -0.1) is 0 Å². The number of aliphatic imine (C=N–C) groups is 2. The zero-order valence-corrected chi connectivity index (χ0v) is 26.7. The van der Waals surface area contributed by atoms with Crippen LogP contribution in [0.1, 0.15) is 72.8 Å². The highest BCUT2D eigenvalue weighted by Gasteiger charge is 2.38. The zero-order chi connectivity index (χ0) is 31.2. The fourth-order valence-corrected chi connectivity index (χ4v) is 8.07. The SMILES string of the molecule is CC1(C)c2ccccc2-c2ccc(C3=NC(c4ccc5ccccc5c4)=NC(c4ccc5c(c4)C(C)(C)c4ccccc4-5)[NH2+]3)cc21. The van der Waals surface area contributed by atoms with E-state index in [2.05, 4.69) is 160 Å². The number of amidine groups is 2. The standard InChI is InChI=1S/C43H35N3/c1-42(2)35-15-9-7-13-31(35)33-21-19-29(24-37(33)42)40-44-39(28-18-17-26-11-5-6-12-27(26)23-28)45-41(46-40)30-20-22-34-32-14-8-10-16-36(32)43(3,4)38(34)25-30/h5-25,40H,1-4H3,(H,44,45,46)/p+1. The first-order chi connectivity index (χ1) is 22.3. The molecule has 1 aliphatic heterocycles. The van der Waals surface area contributed by atoms with E-state index in [0.717, 1.165) is 22.8 Å². The average Bonchev–Trinajstić information content (AvgIpc) is 3.47. The maximum absolute atomic E-state index is 5.33. The predicted molar refractivity (Wildman–Crippen MR) is 190 cm³/mol. The van der Waals surface area contributed by atoms with Crippen LogP contribution in [0.4, 0.5) is 0 Å². The normalized spacial score (nSPS) is 18.3. The summed E-state index contributed by atoms with van der Waals surface area (Å²) in [5.74, 6) is 1.75. The van der Waals surface area contributed by atoms with Crippen molar-refractivity contribution in [3.05, 3.63) is 166 Å². The number of quaternary nitrogens is 1. The van der Waals surface area contributed by atoms with Crippen LogP contribution in [-0.2, 0) is 10.8 Å². The molecule has 0 spiro atoms. The fraction of sp³-hybridized carbons (Fsp3) is 0.163. The third kappa shape index (κ3) is 3.95. The van der Waals surface area contributed by atoms with Crippen molar-refractivity contribution in [3.8, 4) is 22.3 Å². The van der Waals surface area contributed by atoms with Gasteiger partial charge in [-0.1, -0.05) is 131 Å². The molecule has 9 rings (SSSR count). The van der Waals surface area contributed by atoms with E-state index >= 15 is 0 Å². The lowest BCUT2D eigenvalue weighted by molar-refractivity contribution is -0.586. The summed E-state index contributed by atoms with van der Waals surface area (Å²) < 4.78 is 0. The Morgan fingerprint density at radius 1 is 0.500 bits per heavy atom. The van der Waals surface area contributed by atoms with Gasteiger partial charge in [0, 0.05) is 22.0 Å². The number of fused-ring (bicyclic) bond motifs is 7. The first-order valence-corrected chi connectivity index (χ1v) is 16.3. The molecule has 1 unspecified atom stereocenters. The molecule has 0 bridgehead atoms. The second kappa shape index (κ2) is 9.69. The Morgan fingerprint density at radius 2 is 1.07 bits per heavy atom. The maximum atomic E-state index is 5.33. The van der Waals surface area contributed by atoms with Crippen molar-refractivity contribution in [1.29, 1.82) is 0 Å². The molecule has 0 amide bonds. The van der Waals surface area contributed by atoms with E-state index in [-0.39, 0.29) is 17.0 Å². The van der Waals surface area contributed by atoms with Crippen LogP contribution < -0.4 is 5.32 Å². The minimum atomic E-state index is -0.155. The van der Waals surface area contributed by atoms with Crippen LogP contribution >= 0.6 is 0 Å². The Kier molecular flexibility index (Phi) is 5.73. The summed E-state index contributed by atoms with van der Waals surface area (Å²) in [5, 5.41) is 4.67.